The average molecular weight is 349 g/mol. The van der Waals surface area contributed by atoms with Crippen molar-refractivity contribution in [3.05, 3.63) is 71.1 Å². The van der Waals surface area contributed by atoms with E-state index in [4.69, 9.17) is 0 Å². The number of fused-ring (bicyclic) bond motifs is 1. The first-order chi connectivity index (χ1) is 12.6. The molecule has 0 fully saturated rings. The summed E-state index contributed by atoms with van der Waals surface area (Å²) in [5.41, 5.74) is 3.45. The summed E-state index contributed by atoms with van der Waals surface area (Å²) in [6.45, 7) is 5.41. The lowest BCUT2D eigenvalue weighted by atomic mass is 10.0. The Labute approximate surface area is 153 Å². The Morgan fingerprint density at radius 1 is 1.15 bits per heavy atom. The molecule has 1 amide bonds. The van der Waals surface area contributed by atoms with Crippen LogP contribution < -0.4 is 0 Å². The molecule has 3 aromatic rings. The number of imidazole rings is 1. The molecule has 0 N–H and O–H groups in total. The summed E-state index contributed by atoms with van der Waals surface area (Å²) in [4.78, 5) is 20.1. The van der Waals surface area contributed by atoms with Crippen LogP contribution in [0.5, 0.6) is 0 Å². The SMILES string of the molecule is Cc1nn(C)c(C)c1C(=O)N1CCCn2ccnc2C1c1ccccc1. The van der Waals surface area contributed by atoms with Crippen LogP contribution in [0.25, 0.3) is 0 Å². The van der Waals surface area contributed by atoms with Crippen molar-refractivity contribution >= 4 is 5.91 Å². The number of hydrogen-bond donors (Lipinski definition) is 0. The molecule has 1 aliphatic rings. The quantitative estimate of drug-likeness (QED) is 0.715. The van der Waals surface area contributed by atoms with E-state index in [1.54, 1.807) is 4.68 Å². The lowest BCUT2D eigenvalue weighted by molar-refractivity contribution is 0.0705. The van der Waals surface area contributed by atoms with Gasteiger partial charge >= 0.3 is 0 Å². The second kappa shape index (κ2) is 6.44. The number of aryl methyl sites for hydroxylation is 3. The van der Waals surface area contributed by atoms with Crippen LogP contribution >= 0.6 is 0 Å². The van der Waals surface area contributed by atoms with Crippen molar-refractivity contribution in [1.82, 2.24) is 24.2 Å². The number of benzene rings is 1. The van der Waals surface area contributed by atoms with Crippen molar-refractivity contribution in [2.75, 3.05) is 6.54 Å². The van der Waals surface area contributed by atoms with Gasteiger partial charge in [-0.25, -0.2) is 4.98 Å². The number of rotatable bonds is 2. The van der Waals surface area contributed by atoms with Crippen molar-refractivity contribution in [3.8, 4) is 0 Å². The van der Waals surface area contributed by atoms with Crippen LogP contribution in [0.1, 0.15) is 45.6 Å². The van der Waals surface area contributed by atoms with Crippen LogP contribution in [0.15, 0.2) is 42.7 Å². The van der Waals surface area contributed by atoms with Crippen LogP contribution in [0.3, 0.4) is 0 Å². The molecule has 26 heavy (non-hydrogen) atoms. The normalized spacial score (nSPS) is 17.0. The number of hydrogen-bond acceptors (Lipinski definition) is 3. The monoisotopic (exact) mass is 349 g/mol. The molecule has 1 atom stereocenters. The van der Waals surface area contributed by atoms with Gasteiger partial charge < -0.3 is 9.47 Å². The van der Waals surface area contributed by atoms with Gasteiger partial charge in [-0.2, -0.15) is 5.10 Å². The van der Waals surface area contributed by atoms with Gasteiger partial charge in [-0.3, -0.25) is 9.48 Å². The number of nitrogens with zero attached hydrogens (tertiary/aromatic N) is 5. The minimum atomic E-state index is -0.194. The van der Waals surface area contributed by atoms with E-state index >= 15 is 0 Å². The van der Waals surface area contributed by atoms with Crippen LogP contribution in [0, 0.1) is 13.8 Å². The lowest BCUT2D eigenvalue weighted by Crippen LogP contribution is -2.36. The van der Waals surface area contributed by atoms with E-state index in [1.807, 2.05) is 56.4 Å². The average Bonchev–Trinajstić information content (AvgIpc) is 3.13. The van der Waals surface area contributed by atoms with Crippen molar-refractivity contribution < 1.29 is 4.79 Å². The molecular formula is C20H23N5O. The van der Waals surface area contributed by atoms with Gasteiger partial charge in [0.1, 0.15) is 11.9 Å². The molecule has 0 saturated carbocycles. The summed E-state index contributed by atoms with van der Waals surface area (Å²) < 4.78 is 3.94. The van der Waals surface area contributed by atoms with Gasteiger partial charge in [0.05, 0.1) is 11.3 Å². The van der Waals surface area contributed by atoms with Gasteiger partial charge in [-0.1, -0.05) is 30.3 Å². The smallest absolute Gasteiger partial charge is 0.258 e. The van der Waals surface area contributed by atoms with Crippen LogP contribution in [-0.2, 0) is 13.6 Å². The minimum absolute atomic E-state index is 0.0263. The lowest BCUT2D eigenvalue weighted by Gasteiger charge is -2.30. The summed E-state index contributed by atoms with van der Waals surface area (Å²) in [7, 11) is 1.88. The fraction of sp³-hybridized carbons (Fsp3) is 0.350. The third-order valence-electron chi connectivity index (χ3n) is 5.20. The predicted molar refractivity (Wildman–Crippen MR) is 98.8 cm³/mol. The van der Waals surface area contributed by atoms with E-state index in [1.165, 1.54) is 0 Å². The van der Waals surface area contributed by atoms with Crippen LogP contribution in [-0.4, -0.2) is 36.7 Å². The van der Waals surface area contributed by atoms with Crippen molar-refractivity contribution in [1.29, 1.82) is 0 Å². The highest BCUT2D eigenvalue weighted by atomic mass is 16.2. The summed E-state index contributed by atoms with van der Waals surface area (Å²) >= 11 is 0. The molecule has 6 heteroatoms. The van der Waals surface area contributed by atoms with Gasteiger partial charge in [0, 0.05) is 38.2 Å². The first kappa shape index (κ1) is 16.6. The maximum Gasteiger partial charge on any atom is 0.258 e. The molecule has 3 heterocycles. The summed E-state index contributed by atoms with van der Waals surface area (Å²) in [6.07, 6.45) is 4.72. The number of amides is 1. The molecular weight excluding hydrogens is 326 g/mol. The van der Waals surface area contributed by atoms with Crippen LogP contribution in [0.2, 0.25) is 0 Å². The Kier molecular flexibility index (Phi) is 4.11. The fourth-order valence-corrected chi connectivity index (χ4v) is 3.85. The van der Waals surface area contributed by atoms with Gasteiger partial charge in [0.2, 0.25) is 0 Å². The first-order valence-corrected chi connectivity index (χ1v) is 8.95. The van der Waals surface area contributed by atoms with E-state index in [9.17, 15) is 4.79 Å². The van der Waals surface area contributed by atoms with Gasteiger partial charge in [-0.15, -0.1) is 0 Å². The van der Waals surface area contributed by atoms with Crippen molar-refractivity contribution in [3.63, 3.8) is 0 Å². The number of aromatic nitrogens is 4. The standard InChI is InChI=1S/C20H23N5O/c1-14-17(15(2)23(3)22-14)20(26)25-12-7-11-24-13-10-21-19(24)18(25)16-8-5-4-6-9-16/h4-6,8-10,13,18H,7,11-12H2,1-3H3. The summed E-state index contributed by atoms with van der Waals surface area (Å²) in [6, 6.07) is 9.96. The number of carbonyl (C=O) groups excluding carboxylic acids is 1. The fourth-order valence-electron chi connectivity index (χ4n) is 3.85. The minimum Gasteiger partial charge on any atom is -0.333 e. The second-order valence-electron chi connectivity index (χ2n) is 6.81. The molecule has 0 bridgehead atoms. The van der Waals surface area contributed by atoms with Crippen molar-refractivity contribution in [2.45, 2.75) is 32.9 Å². The predicted octanol–water partition coefficient (Wildman–Crippen LogP) is 2.87. The van der Waals surface area contributed by atoms with E-state index in [2.05, 4.69) is 26.8 Å². The molecule has 0 spiro atoms. The first-order valence-electron chi connectivity index (χ1n) is 8.95. The Morgan fingerprint density at radius 2 is 1.92 bits per heavy atom. The zero-order chi connectivity index (χ0) is 18.3. The van der Waals surface area contributed by atoms with E-state index in [0.29, 0.717) is 12.1 Å². The topological polar surface area (TPSA) is 56.0 Å². The molecule has 134 valence electrons. The maximum absolute atomic E-state index is 13.6. The molecule has 6 nitrogen and oxygen atoms in total. The summed E-state index contributed by atoms with van der Waals surface area (Å²) in [5, 5.41) is 4.43. The van der Waals surface area contributed by atoms with Gasteiger partial charge in [-0.05, 0) is 25.8 Å². The molecule has 0 saturated heterocycles. The highest BCUT2D eigenvalue weighted by Gasteiger charge is 2.34. The highest BCUT2D eigenvalue weighted by molar-refractivity contribution is 5.97. The third-order valence-corrected chi connectivity index (χ3v) is 5.20. The van der Waals surface area contributed by atoms with Gasteiger partial charge in [0.15, 0.2) is 0 Å². The molecule has 0 radical (unpaired) electrons. The Balaban J connectivity index is 1.84. The van der Waals surface area contributed by atoms with E-state index in [0.717, 1.165) is 35.7 Å². The number of carbonyl (C=O) groups is 1. The molecule has 1 aromatic carbocycles. The van der Waals surface area contributed by atoms with Crippen molar-refractivity contribution in [2.24, 2.45) is 7.05 Å². The molecule has 1 unspecified atom stereocenters. The third kappa shape index (κ3) is 2.62. The van der Waals surface area contributed by atoms with Gasteiger partial charge in [0.25, 0.3) is 5.91 Å². The highest BCUT2D eigenvalue weighted by Crippen LogP contribution is 2.32. The Bertz CT molecular complexity index is 941. The molecule has 1 aliphatic heterocycles. The zero-order valence-corrected chi connectivity index (χ0v) is 15.4. The van der Waals surface area contributed by atoms with Crippen LogP contribution in [0.4, 0.5) is 0 Å². The molecule has 4 rings (SSSR count). The second-order valence-corrected chi connectivity index (χ2v) is 6.81. The molecule has 0 aliphatic carbocycles. The van der Waals surface area contributed by atoms with E-state index in [-0.39, 0.29) is 11.9 Å². The Morgan fingerprint density at radius 3 is 2.62 bits per heavy atom. The van der Waals surface area contributed by atoms with E-state index < -0.39 is 0 Å². The molecule has 2 aromatic heterocycles. The Hall–Kier alpha value is -2.89. The summed E-state index contributed by atoms with van der Waals surface area (Å²) in [5.74, 6) is 0.944. The largest absolute Gasteiger partial charge is 0.333 e. The maximum atomic E-state index is 13.6. The zero-order valence-electron chi connectivity index (χ0n) is 15.4.